The summed E-state index contributed by atoms with van der Waals surface area (Å²) in [6, 6.07) is 6.70. The summed E-state index contributed by atoms with van der Waals surface area (Å²) >= 11 is 3.06. The maximum atomic E-state index is 12.6. The van der Waals surface area contributed by atoms with Gasteiger partial charge in [-0.2, -0.15) is 13.2 Å². The molecule has 1 aliphatic heterocycles. The predicted molar refractivity (Wildman–Crippen MR) is 72.7 cm³/mol. The van der Waals surface area contributed by atoms with E-state index in [2.05, 4.69) is 26.5 Å². The maximum Gasteiger partial charge on any atom is 0.438 e. The number of quaternary nitrogens is 1. The average Bonchev–Trinajstić information content (AvgIpc) is 2.93. The summed E-state index contributed by atoms with van der Waals surface area (Å²) in [5, 5.41) is 3.64. The molecule has 3 rings (SSSR count). The second-order valence-electron chi connectivity index (χ2n) is 4.75. The van der Waals surface area contributed by atoms with Crippen LogP contribution in [-0.2, 0) is 0 Å². The van der Waals surface area contributed by atoms with Crippen molar-refractivity contribution < 1.29 is 23.1 Å². The number of Topliss-reactive ketones (excluding diaryl/α,β-unsaturated/α-hetero) is 1. The van der Waals surface area contributed by atoms with Crippen LogP contribution in [0.5, 0.6) is 0 Å². The summed E-state index contributed by atoms with van der Waals surface area (Å²) in [6.45, 7) is 0. The topological polar surface area (TPSA) is 45.9 Å². The number of benzene rings is 1. The highest BCUT2D eigenvalue weighted by atomic mass is 79.9. The van der Waals surface area contributed by atoms with E-state index in [-0.39, 0.29) is 28.0 Å². The second-order valence-corrected chi connectivity index (χ2v) is 5.60. The highest BCUT2D eigenvalue weighted by molar-refractivity contribution is 9.11. The third-order valence-corrected chi connectivity index (χ3v) is 3.95. The molecule has 1 heterocycles. The summed E-state index contributed by atoms with van der Waals surface area (Å²) in [6.07, 6.45) is -3.36. The Morgan fingerprint density at radius 1 is 1.33 bits per heavy atom. The number of nitrogens with one attached hydrogen (secondary N) is 2. The van der Waals surface area contributed by atoms with Gasteiger partial charge in [0, 0.05) is 34.0 Å². The first-order valence-corrected chi connectivity index (χ1v) is 6.94. The van der Waals surface area contributed by atoms with E-state index in [0.717, 1.165) is 11.6 Å². The second kappa shape index (κ2) is 5.04. The van der Waals surface area contributed by atoms with E-state index >= 15 is 0 Å². The summed E-state index contributed by atoms with van der Waals surface area (Å²) in [4.78, 5) is 11.9. The van der Waals surface area contributed by atoms with E-state index in [1.54, 1.807) is 24.3 Å². The molecule has 0 radical (unpaired) electrons. The summed E-state index contributed by atoms with van der Waals surface area (Å²) < 4.78 is 38.1. The van der Waals surface area contributed by atoms with Crippen LogP contribution in [-0.4, -0.2) is 17.7 Å². The Balaban J connectivity index is 1.82. The van der Waals surface area contributed by atoms with E-state index in [4.69, 9.17) is 0 Å². The van der Waals surface area contributed by atoms with Gasteiger partial charge < -0.3 is 0 Å². The Bertz CT molecular complexity index is 669. The number of allylic oxidation sites excluding steroid dienone is 1. The molecule has 0 saturated carbocycles. The molecule has 2 N–H and O–H groups in total. The third-order valence-electron chi connectivity index (χ3n) is 3.35. The number of carbonyl (C=O) groups is 1. The van der Waals surface area contributed by atoms with Gasteiger partial charge in [-0.15, -0.1) is 5.43 Å². The van der Waals surface area contributed by atoms with Crippen LogP contribution in [0.3, 0.4) is 0 Å². The molecule has 110 valence electrons. The van der Waals surface area contributed by atoms with Gasteiger partial charge >= 0.3 is 6.18 Å². The highest BCUT2D eigenvalue weighted by Crippen LogP contribution is 2.30. The zero-order valence-electron chi connectivity index (χ0n) is 10.5. The van der Waals surface area contributed by atoms with E-state index in [1.165, 1.54) is 0 Å². The van der Waals surface area contributed by atoms with Crippen LogP contribution in [0.25, 0.3) is 0 Å². The molecular weight excluding hydrogens is 351 g/mol. The fourth-order valence-corrected chi connectivity index (χ4v) is 2.81. The normalized spacial score (nSPS) is 24.9. The SMILES string of the molecule is O=C1CC(N[NH+]2N=C(C(F)(F)F)C=C2Br)c2ccccc21. The van der Waals surface area contributed by atoms with Crippen LogP contribution in [0.15, 0.2) is 40.0 Å². The van der Waals surface area contributed by atoms with E-state index in [9.17, 15) is 18.0 Å². The third kappa shape index (κ3) is 2.66. The van der Waals surface area contributed by atoms with Gasteiger partial charge in [0.2, 0.25) is 10.3 Å². The number of ketones is 1. The largest absolute Gasteiger partial charge is 0.438 e. The molecule has 0 aromatic heterocycles. The zero-order valence-corrected chi connectivity index (χ0v) is 12.1. The Labute approximate surface area is 126 Å². The first kappa shape index (κ1) is 14.4. The van der Waals surface area contributed by atoms with Crippen LogP contribution in [0.2, 0.25) is 0 Å². The van der Waals surface area contributed by atoms with Gasteiger partial charge in [0.25, 0.3) is 0 Å². The van der Waals surface area contributed by atoms with Crippen molar-refractivity contribution in [2.75, 3.05) is 0 Å². The van der Waals surface area contributed by atoms with E-state index in [0.29, 0.717) is 5.56 Å². The van der Waals surface area contributed by atoms with Crippen molar-refractivity contribution in [2.45, 2.75) is 18.6 Å². The van der Waals surface area contributed by atoms with Crippen LogP contribution in [0, 0.1) is 0 Å². The number of rotatable bonds is 2. The van der Waals surface area contributed by atoms with Gasteiger partial charge in [0.05, 0.1) is 6.04 Å². The molecule has 0 spiro atoms. The zero-order chi connectivity index (χ0) is 15.2. The van der Waals surface area contributed by atoms with Crippen molar-refractivity contribution >= 4 is 27.4 Å². The lowest BCUT2D eigenvalue weighted by Gasteiger charge is -2.15. The fraction of sp³-hybridized carbons (Fsp3) is 0.231. The maximum absolute atomic E-state index is 12.6. The number of carbonyl (C=O) groups excluding carboxylic acids is 1. The molecular formula is C13H10BrF3N3O+. The number of alkyl halides is 3. The summed E-state index contributed by atoms with van der Waals surface area (Å²) in [5.41, 5.74) is 3.33. The van der Waals surface area contributed by atoms with Crippen LogP contribution < -0.4 is 10.5 Å². The first-order valence-electron chi connectivity index (χ1n) is 6.15. The monoisotopic (exact) mass is 360 g/mol. The fourth-order valence-electron chi connectivity index (χ4n) is 2.39. The van der Waals surface area contributed by atoms with Crippen molar-refractivity contribution in [1.29, 1.82) is 0 Å². The molecule has 2 unspecified atom stereocenters. The first-order chi connectivity index (χ1) is 9.86. The Hall–Kier alpha value is -1.51. The minimum Gasteiger partial charge on any atom is -0.294 e. The number of nitrogens with zero attached hydrogens (tertiary/aromatic N) is 1. The molecule has 1 aromatic carbocycles. The molecule has 0 saturated heterocycles. The molecule has 21 heavy (non-hydrogen) atoms. The van der Waals surface area contributed by atoms with Crippen molar-refractivity contribution in [3.05, 3.63) is 46.1 Å². The number of halogens is 4. The Morgan fingerprint density at radius 3 is 2.71 bits per heavy atom. The number of fused-ring (bicyclic) bond motifs is 1. The quantitative estimate of drug-likeness (QED) is 0.791. The van der Waals surface area contributed by atoms with Crippen LogP contribution in [0.4, 0.5) is 13.2 Å². The molecule has 2 aliphatic rings. The van der Waals surface area contributed by atoms with Gasteiger partial charge in [0.1, 0.15) is 0 Å². The number of hydrogen-bond donors (Lipinski definition) is 2. The van der Waals surface area contributed by atoms with Gasteiger partial charge in [-0.3, -0.25) is 4.79 Å². The van der Waals surface area contributed by atoms with Crippen molar-refractivity contribution in [2.24, 2.45) is 5.10 Å². The molecule has 0 bridgehead atoms. The van der Waals surface area contributed by atoms with Gasteiger partial charge in [-0.05, 0) is 5.56 Å². The molecule has 1 aliphatic carbocycles. The van der Waals surface area contributed by atoms with E-state index in [1.807, 2.05) is 0 Å². The van der Waals surface area contributed by atoms with Crippen molar-refractivity contribution in [1.82, 2.24) is 5.43 Å². The minimum absolute atomic E-state index is 0.0261. The molecule has 4 nitrogen and oxygen atoms in total. The summed E-state index contributed by atoms with van der Waals surface area (Å²) in [7, 11) is 0. The van der Waals surface area contributed by atoms with E-state index < -0.39 is 11.9 Å². The lowest BCUT2D eigenvalue weighted by Crippen LogP contribution is -3.11. The summed E-state index contributed by atoms with van der Waals surface area (Å²) in [5.74, 6) is -0.0261. The molecule has 2 atom stereocenters. The number of hydrogen-bond acceptors (Lipinski definition) is 3. The Morgan fingerprint density at radius 2 is 2.05 bits per heavy atom. The van der Waals surface area contributed by atoms with Crippen molar-refractivity contribution in [3.63, 3.8) is 0 Å². The minimum atomic E-state index is -4.49. The smallest absolute Gasteiger partial charge is 0.294 e. The lowest BCUT2D eigenvalue weighted by molar-refractivity contribution is -0.908. The Kier molecular flexibility index (Phi) is 3.46. The standard InChI is InChI=1S/C13H9BrF3N3O/c14-12-6-11(13(15,16)17)19-20(12)18-9-5-10(21)8-4-2-1-3-7(8)9/h1-4,6,9,18H,5H2/p+1. The molecule has 1 aromatic rings. The lowest BCUT2D eigenvalue weighted by atomic mass is 10.1. The molecule has 0 fully saturated rings. The van der Waals surface area contributed by atoms with Crippen molar-refractivity contribution in [3.8, 4) is 0 Å². The van der Waals surface area contributed by atoms with Gasteiger partial charge in [-0.1, -0.05) is 34.5 Å². The highest BCUT2D eigenvalue weighted by Gasteiger charge is 2.42. The average molecular weight is 361 g/mol. The van der Waals surface area contributed by atoms with Crippen LogP contribution >= 0.6 is 15.9 Å². The predicted octanol–water partition coefficient (Wildman–Crippen LogP) is 1.87. The molecule has 0 amide bonds. The van der Waals surface area contributed by atoms with Gasteiger partial charge in [-0.25, -0.2) is 0 Å². The molecule has 8 heteroatoms. The van der Waals surface area contributed by atoms with Crippen LogP contribution in [0.1, 0.15) is 28.4 Å². The van der Waals surface area contributed by atoms with Gasteiger partial charge in [0.15, 0.2) is 5.78 Å².